The molecule has 0 saturated carbocycles. The minimum absolute atomic E-state index is 0.0260. The van der Waals surface area contributed by atoms with E-state index < -0.39 is 42.2 Å². The van der Waals surface area contributed by atoms with Gasteiger partial charge in [0.05, 0.1) is 22.4 Å². The number of rotatable bonds is 6. The number of nitrogens with zero attached hydrogens (tertiary/aromatic N) is 1. The zero-order chi connectivity index (χ0) is 29.7. The van der Waals surface area contributed by atoms with Gasteiger partial charge in [0.15, 0.2) is 9.84 Å². The molecule has 1 amide bonds. The van der Waals surface area contributed by atoms with E-state index in [2.05, 4.69) is 0 Å². The van der Waals surface area contributed by atoms with Crippen LogP contribution in [0.25, 0.3) is 0 Å². The van der Waals surface area contributed by atoms with Gasteiger partial charge in [0.2, 0.25) is 5.91 Å². The maximum absolute atomic E-state index is 14.5. The third-order valence-electron chi connectivity index (χ3n) is 8.98. The van der Waals surface area contributed by atoms with Crippen LogP contribution in [0.15, 0.2) is 71.6 Å². The van der Waals surface area contributed by atoms with E-state index in [0.717, 1.165) is 5.56 Å². The first kappa shape index (κ1) is 29.1. The number of aryl methyl sites for hydroxylation is 1. The summed E-state index contributed by atoms with van der Waals surface area (Å²) < 4.78 is 71.4. The van der Waals surface area contributed by atoms with Crippen LogP contribution in [0.4, 0.5) is 4.39 Å². The highest BCUT2D eigenvalue weighted by atomic mass is 35.5. The van der Waals surface area contributed by atoms with E-state index in [9.17, 15) is 26.0 Å². The Balaban J connectivity index is 1.36. The molecule has 1 aliphatic carbocycles. The molecule has 3 aromatic rings. The molecule has 2 atom stereocenters. The lowest BCUT2D eigenvalue weighted by atomic mass is 9.78. The predicted octanol–water partition coefficient (Wildman–Crippen LogP) is 5.10. The van der Waals surface area contributed by atoms with Crippen LogP contribution in [0.5, 0.6) is 5.75 Å². The zero-order valence-corrected chi connectivity index (χ0v) is 25.2. The number of hydrogen-bond donors (Lipinski definition) is 0. The van der Waals surface area contributed by atoms with Crippen LogP contribution < -0.4 is 4.74 Å². The fraction of sp³-hybridized carbons (Fsp3) is 0.387. The van der Waals surface area contributed by atoms with Gasteiger partial charge in [-0.05, 0) is 85.7 Å². The summed E-state index contributed by atoms with van der Waals surface area (Å²) in [6.07, 6.45) is 1.73. The molecule has 3 aromatic carbocycles. The Labute approximate surface area is 250 Å². The van der Waals surface area contributed by atoms with Crippen LogP contribution in [0.3, 0.4) is 0 Å². The molecule has 6 rings (SSSR count). The SMILES string of the molecule is O=C(C1CCS(=O)(=O)CC1)N1CC[C@@]2(S(=O)(=O)c3ccccc3)c3ccc(OCc4cc(F)ccc4Cl)cc3CC[C@@H]12. The van der Waals surface area contributed by atoms with E-state index >= 15 is 0 Å². The molecule has 0 unspecified atom stereocenters. The summed E-state index contributed by atoms with van der Waals surface area (Å²) in [5, 5.41) is 0.386. The van der Waals surface area contributed by atoms with E-state index in [4.69, 9.17) is 16.3 Å². The average molecular weight is 632 g/mol. The molecule has 0 spiro atoms. The number of carbonyl (C=O) groups excluding carboxylic acids is 1. The largest absolute Gasteiger partial charge is 0.489 e. The van der Waals surface area contributed by atoms with Gasteiger partial charge in [0, 0.05) is 23.0 Å². The Bertz CT molecular complexity index is 1730. The van der Waals surface area contributed by atoms with Gasteiger partial charge in [-0.25, -0.2) is 21.2 Å². The molecular formula is C31H31ClFNO6S2. The summed E-state index contributed by atoms with van der Waals surface area (Å²) >= 11 is 6.20. The molecule has 0 radical (unpaired) electrons. The second-order valence-electron chi connectivity index (χ2n) is 11.3. The van der Waals surface area contributed by atoms with Crippen molar-refractivity contribution in [1.82, 2.24) is 4.90 Å². The van der Waals surface area contributed by atoms with E-state index in [1.807, 2.05) is 6.07 Å². The summed E-state index contributed by atoms with van der Waals surface area (Å²) in [6, 6.07) is 17.1. The van der Waals surface area contributed by atoms with Crippen LogP contribution in [0.2, 0.25) is 5.02 Å². The van der Waals surface area contributed by atoms with Crippen molar-refractivity contribution in [2.24, 2.45) is 5.92 Å². The van der Waals surface area contributed by atoms with Gasteiger partial charge < -0.3 is 9.64 Å². The summed E-state index contributed by atoms with van der Waals surface area (Å²) in [7, 11) is -7.10. The molecule has 0 aromatic heterocycles. The number of amides is 1. The van der Waals surface area contributed by atoms with Crippen molar-refractivity contribution < 1.29 is 30.8 Å². The monoisotopic (exact) mass is 631 g/mol. The van der Waals surface area contributed by atoms with Gasteiger partial charge >= 0.3 is 0 Å². The lowest BCUT2D eigenvalue weighted by Crippen LogP contribution is -2.53. The lowest BCUT2D eigenvalue weighted by Gasteiger charge is -2.43. The lowest BCUT2D eigenvalue weighted by molar-refractivity contribution is -0.137. The minimum atomic E-state index is -3.96. The smallest absolute Gasteiger partial charge is 0.226 e. The number of fused-ring (bicyclic) bond motifs is 3. The van der Waals surface area contributed by atoms with Crippen LogP contribution >= 0.6 is 11.6 Å². The Kier molecular flexibility index (Phi) is 7.60. The van der Waals surface area contributed by atoms with Crippen LogP contribution in [-0.4, -0.2) is 51.7 Å². The quantitative estimate of drug-likeness (QED) is 0.376. The van der Waals surface area contributed by atoms with Gasteiger partial charge in [-0.2, -0.15) is 0 Å². The van der Waals surface area contributed by atoms with Crippen LogP contribution in [0.1, 0.15) is 42.4 Å². The second-order valence-corrected chi connectivity index (χ2v) is 16.2. The van der Waals surface area contributed by atoms with E-state index in [0.29, 0.717) is 34.7 Å². The Hall–Kier alpha value is -2.95. The van der Waals surface area contributed by atoms with Crippen molar-refractivity contribution in [2.75, 3.05) is 18.1 Å². The molecule has 0 N–H and O–H groups in total. The molecular weight excluding hydrogens is 601 g/mol. The number of ether oxygens (including phenoxy) is 1. The van der Waals surface area contributed by atoms with Crippen molar-refractivity contribution in [3.8, 4) is 5.75 Å². The molecule has 0 bridgehead atoms. The van der Waals surface area contributed by atoms with Crippen molar-refractivity contribution in [1.29, 1.82) is 0 Å². The summed E-state index contributed by atoms with van der Waals surface area (Å²) in [6.45, 7) is 0.319. The normalized spacial score (nSPS) is 23.7. The summed E-state index contributed by atoms with van der Waals surface area (Å²) in [5.74, 6) is -0.554. The summed E-state index contributed by atoms with van der Waals surface area (Å²) in [4.78, 5) is 15.7. The Morgan fingerprint density at radius 3 is 2.50 bits per heavy atom. The molecule has 42 heavy (non-hydrogen) atoms. The predicted molar refractivity (Wildman–Crippen MR) is 157 cm³/mol. The van der Waals surface area contributed by atoms with E-state index in [1.165, 1.54) is 18.2 Å². The third kappa shape index (κ3) is 5.01. The number of carbonyl (C=O) groups is 1. The van der Waals surface area contributed by atoms with Gasteiger partial charge in [-0.3, -0.25) is 4.79 Å². The molecule has 7 nitrogen and oxygen atoms in total. The van der Waals surface area contributed by atoms with E-state index in [1.54, 1.807) is 47.4 Å². The molecule has 2 fully saturated rings. The van der Waals surface area contributed by atoms with Gasteiger partial charge in [-0.15, -0.1) is 0 Å². The van der Waals surface area contributed by atoms with Crippen molar-refractivity contribution >= 4 is 37.2 Å². The van der Waals surface area contributed by atoms with Crippen molar-refractivity contribution in [3.05, 3.63) is 94.3 Å². The zero-order valence-electron chi connectivity index (χ0n) is 22.8. The highest BCUT2D eigenvalue weighted by molar-refractivity contribution is 7.92. The maximum atomic E-state index is 14.5. The third-order valence-corrected chi connectivity index (χ3v) is 13.6. The first-order chi connectivity index (χ1) is 20.0. The molecule has 222 valence electrons. The minimum Gasteiger partial charge on any atom is -0.489 e. The highest BCUT2D eigenvalue weighted by Gasteiger charge is 2.61. The second kappa shape index (κ2) is 11.0. The standard InChI is InChI=1S/C31H31ClFNO6S2/c32-28-10-7-24(33)18-23(28)20-40-25-8-9-27-22(19-25)6-11-29-31(27,42(38,39)26-4-2-1-3-5-26)14-15-34(29)30(35)21-12-16-41(36,37)17-13-21/h1-5,7-10,18-19,21,29H,6,11-17,20H2/t29-,31-/m1/s1. The fourth-order valence-corrected chi connectivity index (χ4v) is 10.9. The van der Waals surface area contributed by atoms with Gasteiger partial charge in [-0.1, -0.05) is 35.9 Å². The molecule has 11 heteroatoms. The van der Waals surface area contributed by atoms with Crippen molar-refractivity contribution in [2.45, 2.75) is 54.4 Å². The number of halogens is 2. The molecule has 2 heterocycles. The first-order valence-electron chi connectivity index (χ1n) is 14.0. The van der Waals surface area contributed by atoms with E-state index in [-0.39, 0.29) is 54.7 Å². The highest BCUT2D eigenvalue weighted by Crippen LogP contribution is 2.53. The van der Waals surface area contributed by atoms with Gasteiger partial charge in [0.25, 0.3) is 0 Å². The molecule has 2 aliphatic heterocycles. The van der Waals surface area contributed by atoms with Crippen LogP contribution in [-0.2, 0) is 42.2 Å². The first-order valence-corrected chi connectivity index (χ1v) is 17.7. The number of sulfone groups is 2. The fourth-order valence-electron chi connectivity index (χ4n) is 6.85. The molecule has 3 aliphatic rings. The Morgan fingerprint density at radius 1 is 1.02 bits per heavy atom. The Morgan fingerprint density at radius 2 is 1.76 bits per heavy atom. The number of hydrogen-bond acceptors (Lipinski definition) is 6. The maximum Gasteiger partial charge on any atom is 0.226 e. The van der Waals surface area contributed by atoms with Crippen LogP contribution in [0, 0.1) is 11.7 Å². The molecule has 2 saturated heterocycles. The summed E-state index contributed by atoms with van der Waals surface area (Å²) in [5.41, 5.74) is 1.98. The number of benzene rings is 3. The van der Waals surface area contributed by atoms with Crippen molar-refractivity contribution in [3.63, 3.8) is 0 Å². The number of likely N-dealkylation sites (tertiary alicyclic amines) is 1. The average Bonchev–Trinajstić information content (AvgIpc) is 3.39. The van der Waals surface area contributed by atoms with Gasteiger partial charge in [0.1, 0.15) is 32.8 Å². The topological polar surface area (TPSA) is 97.8 Å².